The third-order valence-electron chi connectivity index (χ3n) is 4.89. The van der Waals surface area contributed by atoms with Gasteiger partial charge in [-0.15, -0.1) is 0 Å². The van der Waals surface area contributed by atoms with Gasteiger partial charge in [0.1, 0.15) is 0 Å². The minimum Gasteiger partial charge on any atom is -0.481 e. The number of carbonyl (C=O) groups is 2. The van der Waals surface area contributed by atoms with E-state index in [4.69, 9.17) is 5.11 Å². The molecule has 1 aliphatic rings. The number of aryl methyl sites for hydroxylation is 1. The van der Waals surface area contributed by atoms with Crippen molar-refractivity contribution in [3.8, 4) is 0 Å². The van der Waals surface area contributed by atoms with Crippen LogP contribution in [0.2, 0.25) is 0 Å². The smallest absolute Gasteiger partial charge is 0.306 e. The van der Waals surface area contributed by atoms with Gasteiger partial charge in [-0.1, -0.05) is 0 Å². The highest BCUT2D eigenvalue weighted by molar-refractivity contribution is 5.98. The lowest BCUT2D eigenvalue weighted by Gasteiger charge is -2.26. The van der Waals surface area contributed by atoms with Crippen molar-refractivity contribution < 1.29 is 14.7 Å². The quantitative estimate of drug-likeness (QED) is 0.911. The third kappa shape index (κ3) is 3.38. The first-order chi connectivity index (χ1) is 11.0. The monoisotopic (exact) mass is 314 g/mol. The minimum atomic E-state index is -0.691. The van der Waals surface area contributed by atoms with Gasteiger partial charge in [0.25, 0.3) is 5.91 Å². The Hall–Kier alpha value is -2.30. The first-order valence-corrected chi connectivity index (χ1v) is 8.10. The van der Waals surface area contributed by atoms with Gasteiger partial charge in [-0.3, -0.25) is 9.59 Å². The molecule has 1 saturated carbocycles. The largest absolute Gasteiger partial charge is 0.481 e. The van der Waals surface area contributed by atoms with Gasteiger partial charge in [-0.05, 0) is 55.9 Å². The van der Waals surface area contributed by atoms with Crippen LogP contribution in [0.3, 0.4) is 0 Å². The minimum absolute atomic E-state index is 0.0592. The summed E-state index contributed by atoms with van der Waals surface area (Å²) in [7, 11) is 1.98. The summed E-state index contributed by atoms with van der Waals surface area (Å²) in [6, 6.07) is 7.71. The summed E-state index contributed by atoms with van der Waals surface area (Å²) < 4.78 is 2.03. The molecule has 0 spiro atoms. The number of hydrogen-bond donors (Lipinski definition) is 2. The molecule has 5 nitrogen and oxygen atoms in total. The van der Waals surface area contributed by atoms with E-state index in [1.165, 1.54) is 0 Å². The highest BCUT2D eigenvalue weighted by Gasteiger charge is 2.26. The predicted octanol–water partition coefficient (Wildman–Crippen LogP) is 2.80. The van der Waals surface area contributed by atoms with Crippen LogP contribution in [0.1, 0.15) is 36.0 Å². The predicted molar refractivity (Wildman–Crippen MR) is 88.3 cm³/mol. The summed E-state index contributed by atoms with van der Waals surface area (Å²) in [5, 5.41) is 13.1. The second-order valence-electron chi connectivity index (χ2n) is 6.47. The van der Waals surface area contributed by atoms with Crippen LogP contribution >= 0.6 is 0 Å². The Bertz CT molecular complexity index is 727. The number of fused-ring (bicyclic) bond motifs is 1. The van der Waals surface area contributed by atoms with E-state index in [0.29, 0.717) is 30.9 Å². The van der Waals surface area contributed by atoms with Gasteiger partial charge in [0.2, 0.25) is 0 Å². The summed E-state index contributed by atoms with van der Waals surface area (Å²) in [5.41, 5.74) is 1.77. The lowest BCUT2D eigenvalue weighted by molar-refractivity contribution is -0.143. The molecule has 0 saturated heterocycles. The van der Waals surface area contributed by atoms with Crippen LogP contribution in [0.4, 0.5) is 0 Å². The summed E-state index contributed by atoms with van der Waals surface area (Å²) >= 11 is 0. The highest BCUT2D eigenvalue weighted by Crippen LogP contribution is 2.28. The number of benzene rings is 1. The number of rotatable bonds is 4. The number of hydrogen-bond acceptors (Lipinski definition) is 2. The molecule has 1 aliphatic carbocycles. The molecule has 1 aromatic heterocycles. The van der Waals surface area contributed by atoms with Crippen molar-refractivity contribution >= 4 is 22.8 Å². The molecule has 5 heteroatoms. The van der Waals surface area contributed by atoms with Crippen molar-refractivity contribution in [3.63, 3.8) is 0 Å². The maximum absolute atomic E-state index is 12.3. The van der Waals surface area contributed by atoms with Crippen LogP contribution in [0.15, 0.2) is 30.5 Å². The number of carboxylic acids is 1. The zero-order valence-electron chi connectivity index (χ0n) is 13.3. The van der Waals surface area contributed by atoms with Gasteiger partial charge in [0.15, 0.2) is 0 Å². The number of carbonyl (C=O) groups excluding carboxylic acids is 1. The summed E-state index contributed by atoms with van der Waals surface area (Å²) in [5.74, 6) is -0.572. The number of aliphatic carboxylic acids is 1. The Morgan fingerprint density at radius 2 is 1.96 bits per heavy atom. The molecule has 0 radical (unpaired) electrons. The van der Waals surface area contributed by atoms with Crippen LogP contribution in [0.5, 0.6) is 0 Å². The fraction of sp³-hybridized carbons (Fsp3) is 0.444. The van der Waals surface area contributed by atoms with Crippen LogP contribution in [0, 0.1) is 11.8 Å². The van der Waals surface area contributed by atoms with Crippen molar-refractivity contribution in [2.75, 3.05) is 6.54 Å². The van der Waals surface area contributed by atoms with Gasteiger partial charge in [0, 0.05) is 36.3 Å². The molecule has 122 valence electrons. The number of nitrogens with zero attached hydrogens (tertiary/aromatic N) is 1. The van der Waals surface area contributed by atoms with Gasteiger partial charge < -0.3 is 15.0 Å². The van der Waals surface area contributed by atoms with Gasteiger partial charge >= 0.3 is 5.97 Å². The molecule has 0 bridgehead atoms. The highest BCUT2D eigenvalue weighted by atomic mass is 16.4. The zero-order valence-corrected chi connectivity index (χ0v) is 13.3. The van der Waals surface area contributed by atoms with E-state index >= 15 is 0 Å². The Balaban J connectivity index is 1.55. The molecule has 1 fully saturated rings. The van der Waals surface area contributed by atoms with Gasteiger partial charge in [-0.25, -0.2) is 0 Å². The van der Waals surface area contributed by atoms with Crippen LogP contribution in [-0.4, -0.2) is 28.1 Å². The summed E-state index contributed by atoms with van der Waals surface area (Å²) in [6.07, 6.45) is 5.15. The van der Waals surface area contributed by atoms with Crippen molar-refractivity contribution in [1.82, 2.24) is 9.88 Å². The van der Waals surface area contributed by atoms with Crippen molar-refractivity contribution in [2.24, 2.45) is 18.9 Å². The molecule has 0 unspecified atom stereocenters. The van der Waals surface area contributed by atoms with Crippen molar-refractivity contribution in [1.29, 1.82) is 0 Å². The fourth-order valence-corrected chi connectivity index (χ4v) is 3.38. The Morgan fingerprint density at radius 1 is 1.22 bits per heavy atom. The molecular weight excluding hydrogens is 292 g/mol. The second-order valence-corrected chi connectivity index (χ2v) is 6.47. The molecule has 0 atom stereocenters. The second kappa shape index (κ2) is 6.44. The fourth-order valence-electron chi connectivity index (χ4n) is 3.38. The summed E-state index contributed by atoms with van der Waals surface area (Å²) in [6.45, 7) is 0.623. The van der Waals surface area contributed by atoms with Crippen LogP contribution in [0.25, 0.3) is 10.9 Å². The SMILES string of the molecule is Cn1ccc2cc(C(=O)NCC3CCC(C(=O)O)CC3)ccc21. The number of amides is 1. The van der Waals surface area contributed by atoms with E-state index in [9.17, 15) is 9.59 Å². The Morgan fingerprint density at radius 3 is 2.65 bits per heavy atom. The molecule has 3 rings (SSSR count). The molecule has 0 aliphatic heterocycles. The standard InChI is InChI=1S/C18H22N2O3/c1-20-9-8-14-10-15(6-7-16(14)20)17(21)19-11-12-2-4-13(5-3-12)18(22)23/h6-10,12-13H,2-5,11H2,1H3,(H,19,21)(H,22,23). The maximum Gasteiger partial charge on any atom is 0.306 e. The number of aromatic nitrogens is 1. The van der Waals surface area contributed by atoms with E-state index < -0.39 is 5.97 Å². The first kappa shape index (κ1) is 15.6. The molecule has 1 heterocycles. The van der Waals surface area contributed by atoms with E-state index in [1.807, 2.05) is 42.1 Å². The third-order valence-corrected chi connectivity index (χ3v) is 4.89. The average Bonchev–Trinajstić information content (AvgIpc) is 2.93. The van der Waals surface area contributed by atoms with Gasteiger partial charge in [-0.2, -0.15) is 0 Å². The van der Waals surface area contributed by atoms with Crippen LogP contribution < -0.4 is 5.32 Å². The molecular formula is C18H22N2O3. The molecule has 2 N–H and O–H groups in total. The Labute approximate surface area is 135 Å². The van der Waals surface area contributed by atoms with Crippen molar-refractivity contribution in [2.45, 2.75) is 25.7 Å². The zero-order chi connectivity index (χ0) is 16.4. The topological polar surface area (TPSA) is 71.3 Å². The average molecular weight is 314 g/mol. The number of carboxylic acid groups (broad SMARTS) is 1. The molecule has 1 amide bonds. The van der Waals surface area contributed by atoms with Gasteiger partial charge in [0.05, 0.1) is 5.92 Å². The van der Waals surface area contributed by atoms with Crippen molar-refractivity contribution in [3.05, 3.63) is 36.0 Å². The molecule has 23 heavy (non-hydrogen) atoms. The van der Waals surface area contributed by atoms with E-state index in [-0.39, 0.29) is 11.8 Å². The number of nitrogens with one attached hydrogen (secondary N) is 1. The lowest BCUT2D eigenvalue weighted by Crippen LogP contribution is -2.32. The maximum atomic E-state index is 12.3. The van der Waals surface area contributed by atoms with E-state index in [2.05, 4.69) is 5.32 Å². The summed E-state index contributed by atoms with van der Waals surface area (Å²) in [4.78, 5) is 23.2. The normalized spacial score (nSPS) is 21.3. The molecule has 2 aromatic rings. The van der Waals surface area contributed by atoms with E-state index in [0.717, 1.165) is 23.7 Å². The molecule has 1 aromatic carbocycles. The Kier molecular flexibility index (Phi) is 4.37. The van der Waals surface area contributed by atoms with E-state index in [1.54, 1.807) is 0 Å². The first-order valence-electron chi connectivity index (χ1n) is 8.10. The van der Waals surface area contributed by atoms with Crippen LogP contribution in [-0.2, 0) is 11.8 Å². The lowest BCUT2D eigenvalue weighted by atomic mass is 9.82.